The molecule has 7 heteroatoms. The quantitative estimate of drug-likeness (QED) is 0.576. The van der Waals surface area contributed by atoms with Gasteiger partial charge in [0.1, 0.15) is 0 Å². The second-order valence-corrected chi connectivity index (χ2v) is 7.65. The summed E-state index contributed by atoms with van der Waals surface area (Å²) in [5.41, 5.74) is 1.65. The Labute approximate surface area is 170 Å². The summed E-state index contributed by atoms with van der Waals surface area (Å²) < 4.78 is 11.7. The molecule has 0 aliphatic carbocycles. The molecule has 0 aromatic heterocycles. The van der Waals surface area contributed by atoms with Crippen LogP contribution in [-0.2, 0) is 11.3 Å². The number of imide groups is 1. The predicted molar refractivity (Wildman–Crippen MR) is 110 cm³/mol. The largest absolute Gasteiger partial charge is 0.493 e. The van der Waals surface area contributed by atoms with Crippen molar-refractivity contribution in [1.82, 2.24) is 4.90 Å². The maximum atomic E-state index is 12.7. The summed E-state index contributed by atoms with van der Waals surface area (Å²) in [4.78, 5) is 26.6. The molecule has 140 valence electrons. The Hall–Kier alpha value is -2.25. The van der Waals surface area contributed by atoms with E-state index < -0.39 is 0 Å². The normalized spacial score (nSPS) is 15.5. The second-order valence-electron chi connectivity index (χ2n) is 5.74. The standard InChI is InChI=1S/C20H18BrNO4S/c1-3-26-16-8-7-13(10-17(16)25-2)11-18-19(23)22(20(24)27-18)12-14-5-4-6-15(21)9-14/h4-11H,3,12H2,1-2H3/b18-11+. The summed E-state index contributed by atoms with van der Waals surface area (Å²) in [7, 11) is 1.56. The molecule has 3 rings (SSSR count). The van der Waals surface area contributed by atoms with Gasteiger partial charge < -0.3 is 9.47 Å². The van der Waals surface area contributed by atoms with Crippen LogP contribution in [0, 0.1) is 0 Å². The molecule has 1 fully saturated rings. The number of hydrogen-bond acceptors (Lipinski definition) is 5. The fourth-order valence-electron chi connectivity index (χ4n) is 2.65. The first kappa shape index (κ1) is 19.5. The zero-order valence-corrected chi connectivity index (χ0v) is 17.3. The Balaban J connectivity index is 1.81. The van der Waals surface area contributed by atoms with Gasteiger partial charge in [-0.25, -0.2) is 0 Å². The molecule has 0 N–H and O–H groups in total. The fraction of sp³-hybridized carbons (Fsp3) is 0.200. The molecule has 0 spiro atoms. The van der Waals surface area contributed by atoms with E-state index in [0.717, 1.165) is 27.4 Å². The average molecular weight is 448 g/mol. The van der Waals surface area contributed by atoms with Crippen molar-refractivity contribution in [2.45, 2.75) is 13.5 Å². The van der Waals surface area contributed by atoms with E-state index in [1.165, 1.54) is 4.90 Å². The van der Waals surface area contributed by atoms with E-state index in [0.29, 0.717) is 23.0 Å². The molecule has 1 aliphatic rings. The molecule has 0 bridgehead atoms. The summed E-state index contributed by atoms with van der Waals surface area (Å²) in [6.07, 6.45) is 1.70. The Morgan fingerprint density at radius 1 is 1.15 bits per heavy atom. The Morgan fingerprint density at radius 2 is 1.96 bits per heavy atom. The molecule has 27 heavy (non-hydrogen) atoms. The number of rotatable bonds is 6. The molecule has 5 nitrogen and oxygen atoms in total. The van der Waals surface area contributed by atoms with Crippen molar-refractivity contribution in [3.63, 3.8) is 0 Å². The highest BCUT2D eigenvalue weighted by atomic mass is 79.9. The summed E-state index contributed by atoms with van der Waals surface area (Å²) in [5, 5.41) is -0.274. The lowest BCUT2D eigenvalue weighted by Crippen LogP contribution is -2.27. The van der Waals surface area contributed by atoms with Crippen LogP contribution >= 0.6 is 27.7 Å². The third-order valence-corrected chi connectivity index (χ3v) is 5.29. The second kappa shape index (κ2) is 8.63. The predicted octanol–water partition coefficient (Wildman–Crippen LogP) is 5.09. The van der Waals surface area contributed by atoms with Gasteiger partial charge in [0.05, 0.1) is 25.2 Å². The molecule has 0 radical (unpaired) electrons. The van der Waals surface area contributed by atoms with Crippen LogP contribution in [0.3, 0.4) is 0 Å². The molecule has 1 saturated heterocycles. The van der Waals surface area contributed by atoms with Gasteiger partial charge in [0.25, 0.3) is 11.1 Å². The first-order chi connectivity index (χ1) is 13.0. The number of ether oxygens (including phenoxy) is 2. The minimum absolute atomic E-state index is 0.244. The summed E-state index contributed by atoms with van der Waals surface area (Å²) in [6.45, 7) is 2.67. The average Bonchev–Trinajstić information content (AvgIpc) is 2.90. The van der Waals surface area contributed by atoms with Gasteiger partial charge in [-0.3, -0.25) is 14.5 Å². The van der Waals surface area contributed by atoms with Crippen LogP contribution in [0.5, 0.6) is 11.5 Å². The van der Waals surface area contributed by atoms with Gasteiger partial charge in [-0.2, -0.15) is 0 Å². The topological polar surface area (TPSA) is 55.8 Å². The molecule has 2 aromatic carbocycles. The highest BCUT2D eigenvalue weighted by molar-refractivity contribution is 9.10. The molecule has 0 saturated carbocycles. The monoisotopic (exact) mass is 447 g/mol. The Bertz CT molecular complexity index is 913. The molecule has 1 aliphatic heterocycles. The number of methoxy groups -OCH3 is 1. The van der Waals surface area contributed by atoms with Crippen molar-refractivity contribution in [2.24, 2.45) is 0 Å². The van der Waals surface area contributed by atoms with E-state index in [1.54, 1.807) is 25.3 Å². The van der Waals surface area contributed by atoms with Crippen LogP contribution in [0.15, 0.2) is 51.8 Å². The number of amides is 2. The highest BCUT2D eigenvalue weighted by Gasteiger charge is 2.35. The number of carbonyl (C=O) groups excluding carboxylic acids is 2. The van der Waals surface area contributed by atoms with Crippen LogP contribution in [0.1, 0.15) is 18.1 Å². The van der Waals surface area contributed by atoms with Crippen LogP contribution in [0.4, 0.5) is 4.79 Å². The van der Waals surface area contributed by atoms with E-state index in [2.05, 4.69) is 15.9 Å². The fourth-order valence-corrected chi connectivity index (χ4v) is 3.94. The number of hydrogen-bond donors (Lipinski definition) is 0. The van der Waals surface area contributed by atoms with Crippen LogP contribution in [0.2, 0.25) is 0 Å². The van der Waals surface area contributed by atoms with Gasteiger partial charge in [0.2, 0.25) is 0 Å². The van der Waals surface area contributed by atoms with E-state index in [-0.39, 0.29) is 17.7 Å². The number of benzene rings is 2. The number of halogens is 1. The van der Waals surface area contributed by atoms with Crippen molar-refractivity contribution in [1.29, 1.82) is 0 Å². The third kappa shape index (κ3) is 4.54. The van der Waals surface area contributed by atoms with Gasteiger partial charge in [-0.15, -0.1) is 0 Å². The molecule has 2 aromatic rings. The first-order valence-electron chi connectivity index (χ1n) is 8.32. The first-order valence-corrected chi connectivity index (χ1v) is 9.93. The molecule has 2 amide bonds. The molecule has 0 unspecified atom stereocenters. The lowest BCUT2D eigenvalue weighted by molar-refractivity contribution is -0.123. The van der Waals surface area contributed by atoms with Gasteiger partial charge in [-0.05, 0) is 60.2 Å². The van der Waals surface area contributed by atoms with Crippen molar-refractivity contribution >= 4 is 44.9 Å². The third-order valence-electron chi connectivity index (χ3n) is 3.89. The van der Waals surface area contributed by atoms with Crippen molar-refractivity contribution in [3.8, 4) is 11.5 Å². The van der Waals surface area contributed by atoms with Crippen LogP contribution < -0.4 is 9.47 Å². The molecule has 0 atom stereocenters. The maximum absolute atomic E-state index is 12.7. The smallest absolute Gasteiger partial charge is 0.293 e. The molecular weight excluding hydrogens is 430 g/mol. The summed E-state index contributed by atoms with van der Waals surface area (Å²) in [6, 6.07) is 13.0. The van der Waals surface area contributed by atoms with Crippen molar-refractivity contribution in [2.75, 3.05) is 13.7 Å². The van der Waals surface area contributed by atoms with Gasteiger partial charge >= 0.3 is 0 Å². The van der Waals surface area contributed by atoms with Gasteiger partial charge in [0.15, 0.2) is 11.5 Å². The zero-order chi connectivity index (χ0) is 19.4. The Morgan fingerprint density at radius 3 is 2.67 bits per heavy atom. The zero-order valence-electron chi connectivity index (χ0n) is 14.9. The van der Waals surface area contributed by atoms with E-state index in [4.69, 9.17) is 9.47 Å². The van der Waals surface area contributed by atoms with Gasteiger partial charge in [-0.1, -0.05) is 34.1 Å². The van der Waals surface area contributed by atoms with E-state index >= 15 is 0 Å². The summed E-state index contributed by atoms with van der Waals surface area (Å²) in [5.74, 6) is 0.928. The van der Waals surface area contributed by atoms with E-state index in [9.17, 15) is 9.59 Å². The van der Waals surface area contributed by atoms with Crippen molar-refractivity contribution < 1.29 is 19.1 Å². The lowest BCUT2D eigenvalue weighted by Gasteiger charge is -2.12. The van der Waals surface area contributed by atoms with Crippen molar-refractivity contribution in [3.05, 3.63) is 63.0 Å². The Kier molecular flexibility index (Phi) is 6.23. The maximum Gasteiger partial charge on any atom is 0.293 e. The SMILES string of the molecule is CCOc1ccc(/C=C2/SC(=O)N(Cc3cccc(Br)c3)C2=O)cc1OC. The number of carbonyl (C=O) groups is 2. The minimum Gasteiger partial charge on any atom is -0.493 e. The summed E-state index contributed by atoms with van der Waals surface area (Å²) >= 11 is 4.34. The number of nitrogens with zero attached hydrogens (tertiary/aromatic N) is 1. The van der Waals surface area contributed by atoms with Crippen LogP contribution in [0.25, 0.3) is 6.08 Å². The number of thioether (sulfide) groups is 1. The van der Waals surface area contributed by atoms with E-state index in [1.807, 2.05) is 37.3 Å². The highest BCUT2D eigenvalue weighted by Crippen LogP contribution is 2.35. The molecule has 1 heterocycles. The van der Waals surface area contributed by atoms with Gasteiger partial charge in [0, 0.05) is 4.47 Å². The minimum atomic E-state index is -0.294. The van der Waals surface area contributed by atoms with Crippen LogP contribution in [-0.4, -0.2) is 29.8 Å². The lowest BCUT2D eigenvalue weighted by atomic mass is 10.1. The molecular formula is C20H18BrNO4S.